The van der Waals surface area contributed by atoms with Gasteiger partial charge in [0.2, 0.25) is 11.8 Å². The predicted molar refractivity (Wildman–Crippen MR) is 89.1 cm³/mol. The zero-order chi connectivity index (χ0) is 17.2. The number of carbonyl (C=O) groups is 2. The van der Waals surface area contributed by atoms with Gasteiger partial charge in [-0.1, -0.05) is 35.5 Å². The molecule has 0 aliphatic carbocycles. The van der Waals surface area contributed by atoms with E-state index in [1.807, 2.05) is 30.3 Å². The third-order valence-corrected chi connectivity index (χ3v) is 3.13. The zero-order valence-electron chi connectivity index (χ0n) is 13.3. The van der Waals surface area contributed by atoms with Crippen LogP contribution in [-0.4, -0.2) is 48.7 Å². The van der Waals surface area contributed by atoms with Gasteiger partial charge in [-0.3, -0.25) is 9.59 Å². The number of aromatic nitrogens is 1. The van der Waals surface area contributed by atoms with E-state index in [1.54, 1.807) is 6.08 Å². The quantitative estimate of drug-likeness (QED) is 0.747. The van der Waals surface area contributed by atoms with Crippen LogP contribution in [0.5, 0.6) is 0 Å². The molecule has 0 radical (unpaired) electrons. The van der Waals surface area contributed by atoms with E-state index in [1.165, 1.54) is 30.4 Å². The van der Waals surface area contributed by atoms with Gasteiger partial charge in [-0.25, -0.2) is 0 Å². The largest absolute Gasteiger partial charge is 0.383 e. The van der Waals surface area contributed by atoms with E-state index in [9.17, 15) is 9.59 Å². The molecule has 0 saturated heterocycles. The van der Waals surface area contributed by atoms with Gasteiger partial charge >= 0.3 is 0 Å². The van der Waals surface area contributed by atoms with E-state index in [-0.39, 0.29) is 18.4 Å². The molecule has 2 amide bonds. The number of ether oxygens (including phenoxy) is 1. The second kappa shape index (κ2) is 9.26. The zero-order valence-corrected chi connectivity index (χ0v) is 13.3. The lowest BCUT2D eigenvalue weighted by Crippen LogP contribution is -2.39. The van der Waals surface area contributed by atoms with Gasteiger partial charge in [0.25, 0.3) is 0 Å². The Morgan fingerprint density at radius 3 is 2.75 bits per heavy atom. The molecule has 1 heterocycles. The van der Waals surface area contributed by atoms with Crippen LogP contribution in [0.15, 0.2) is 53.3 Å². The van der Waals surface area contributed by atoms with Crippen LogP contribution in [0.4, 0.5) is 5.82 Å². The number of nitrogens with one attached hydrogen (secondary N) is 1. The average molecular weight is 329 g/mol. The second-order valence-electron chi connectivity index (χ2n) is 4.93. The molecule has 2 aromatic rings. The lowest BCUT2D eigenvalue weighted by atomic mass is 10.2. The van der Waals surface area contributed by atoms with E-state index in [0.717, 1.165) is 5.56 Å². The fourth-order valence-corrected chi connectivity index (χ4v) is 1.94. The summed E-state index contributed by atoms with van der Waals surface area (Å²) in [6.07, 6.45) is 4.50. The third-order valence-electron chi connectivity index (χ3n) is 3.13. The molecule has 0 aliphatic rings. The number of methoxy groups -OCH3 is 1. The highest BCUT2D eigenvalue weighted by molar-refractivity contribution is 5.97. The van der Waals surface area contributed by atoms with Crippen molar-refractivity contribution in [3.8, 4) is 0 Å². The van der Waals surface area contributed by atoms with Crippen molar-refractivity contribution < 1.29 is 18.8 Å². The number of hydrogen-bond acceptors (Lipinski definition) is 5. The molecule has 1 aromatic carbocycles. The first-order valence-corrected chi connectivity index (χ1v) is 7.40. The Kier molecular flexibility index (Phi) is 6.73. The fraction of sp³-hybridized carbons (Fsp3) is 0.235. The Bertz CT molecular complexity index is 668. The summed E-state index contributed by atoms with van der Waals surface area (Å²) >= 11 is 0. The van der Waals surface area contributed by atoms with Crippen LogP contribution in [-0.2, 0) is 14.3 Å². The summed E-state index contributed by atoms with van der Waals surface area (Å²) in [4.78, 5) is 25.7. The lowest BCUT2D eigenvalue weighted by Gasteiger charge is -2.20. The first kappa shape index (κ1) is 17.4. The highest BCUT2D eigenvalue weighted by Gasteiger charge is 2.15. The number of rotatable bonds is 8. The molecule has 0 atom stereocenters. The van der Waals surface area contributed by atoms with E-state index >= 15 is 0 Å². The molecule has 7 nitrogen and oxygen atoms in total. The van der Waals surface area contributed by atoms with E-state index in [0.29, 0.717) is 19.0 Å². The molecule has 0 aliphatic heterocycles. The van der Waals surface area contributed by atoms with E-state index in [4.69, 9.17) is 4.74 Å². The predicted octanol–water partition coefficient (Wildman–Crippen LogP) is 1.80. The Labute approximate surface area is 139 Å². The minimum absolute atomic E-state index is 0.103. The summed E-state index contributed by atoms with van der Waals surface area (Å²) in [5.41, 5.74) is 0.907. The van der Waals surface area contributed by atoms with Crippen molar-refractivity contribution in [1.82, 2.24) is 10.1 Å². The Morgan fingerprint density at radius 2 is 2.08 bits per heavy atom. The monoisotopic (exact) mass is 329 g/mol. The van der Waals surface area contributed by atoms with Crippen molar-refractivity contribution in [3.63, 3.8) is 0 Å². The molecule has 1 N–H and O–H groups in total. The molecule has 126 valence electrons. The standard InChI is InChI=1S/C17H19N3O4/c1-23-12-10-20(13-16(21)18-15-9-11-24-19-15)17(22)8-7-14-5-3-2-4-6-14/h2-9,11H,10,12-13H2,1H3,(H,18,19,21)/b8-7+. The maximum Gasteiger partial charge on any atom is 0.247 e. The van der Waals surface area contributed by atoms with Gasteiger partial charge in [0.15, 0.2) is 5.82 Å². The van der Waals surface area contributed by atoms with Crippen LogP contribution < -0.4 is 5.32 Å². The van der Waals surface area contributed by atoms with Crippen LogP contribution in [0, 0.1) is 0 Å². The fourth-order valence-electron chi connectivity index (χ4n) is 1.94. The molecule has 0 bridgehead atoms. The number of carbonyl (C=O) groups excluding carboxylic acids is 2. The van der Waals surface area contributed by atoms with Crippen LogP contribution >= 0.6 is 0 Å². The molecule has 2 rings (SSSR count). The number of benzene rings is 1. The molecule has 24 heavy (non-hydrogen) atoms. The summed E-state index contributed by atoms with van der Waals surface area (Å²) in [6.45, 7) is 0.539. The molecule has 7 heteroatoms. The highest BCUT2D eigenvalue weighted by Crippen LogP contribution is 2.04. The second-order valence-corrected chi connectivity index (χ2v) is 4.93. The minimum Gasteiger partial charge on any atom is -0.383 e. The van der Waals surface area contributed by atoms with Crippen LogP contribution in [0.1, 0.15) is 5.56 Å². The van der Waals surface area contributed by atoms with Gasteiger partial charge in [0.05, 0.1) is 6.61 Å². The molecular weight excluding hydrogens is 310 g/mol. The summed E-state index contributed by atoms with van der Waals surface area (Å²) in [6, 6.07) is 11.0. The highest BCUT2D eigenvalue weighted by atomic mass is 16.5. The van der Waals surface area contributed by atoms with Gasteiger partial charge in [-0.05, 0) is 11.6 Å². The number of hydrogen-bond donors (Lipinski definition) is 1. The lowest BCUT2D eigenvalue weighted by molar-refractivity contribution is -0.131. The third kappa shape index (κ3) is 5.69. The molecule has 1 aromatic heterocycles. The summed E-state index contributed by atoms with van der Waals surface area (Å²) < 4.78 is 9.64. The maximum absolute atomic E-state index is 12.3. The van der Waals surface area contributed by atoms with Crippen molar-refractivity contribution in [2.75, 3.05) is 32.1 Å². The Morgan fingerprint density at radius 1 is 1.29 bits per heavy atom. The van der Waals surface area contributed by atoms with Gasteiger partial charge in [0, 0.05) is 25.8 Å². The SMILES string of the molecule is COCCN(CC(=O)Nc1ccon1)C(=O)/C=C/c1ccccc1. The van der Waals surface area contributed by atoms with Crippen LogP contribution in [0.2, 0.25) is 0 Å². The Balaban J connectivity index is 1.96. The van der Waals surface area contributed by atoms with Gasteiger partial charge in [0.1, 0.15) is 12.8 Å². The van der Waals surface area contributed by atoms with E-state index < -0.39 is 0 Å². The van der Waals surface area contributed by atoms with Gasteiger partial charge in [-0.2, -0.15) is 0 Å². The van der Waals surface area contributed by atoms with Crippen LogP contribution in [0.25, 0.3) is 6.08 Å². The first-order valence-electron chi connectivity index (χ1n) is 7.40. The maximum atomic E-state index is 12.3. The van der Waals surface area contributed by atoms with Gasteiger partial charge < -0.3 is 19.5 Å². The van der Waals surface area contributed by atoms with Crippen molar-refractivity contribution >= 4 is 23.7 Å². The van der Waals surface area contributed by atoms with E-state index in [2.05, 4.69) is 15.0 Å². The van der Waals surface area contributed by atoms with Gasteiger partial charge in [-0.15, -0.1) is 0 Å². The molecular formula is C17H19N3O4. The normalized spacial score (nSPS) is 10.7. The van der Waals surface area contributed by atoms with Crippen LogP contribution in [0.3, 0.4) is 0 Å². The molecule has 0 saturated carbocycles. The number of amides is 2. The summed E-state index contributed by atoms with van der Waals surface area (Å²) in [7, 11) is 1.54. The smallest absolute Gasteiger partial charge is 0.247 e. The minimum atomic E-state index is -0.360. The average Bonchev–Trinajstić information content (AvgIpc) is 3.10. The van der Waals surface area contributed by atoms with Crippen molar-refractivity contribution in [1.29, 1.82) is 0 Å². The molecule has 0 spiro atoms. The first-order chi connectivity index (χ1) is 11.7. The Hall–Kier alpha value is -2.93. The molecule has 0 unspecified atom stereocenters. The summed E-state index contributed by atoms with van der Waals surface area (Å²) in [5.74, 6) is -0.327. The van der Waals surface area contributed by atoms with Crippen molar-refractivity contribution in [2.24, 2.45) is 0 Å². The molecule has 0 fully saturated rings. The van der Waals surface area contributed by atoms with Crippen molar-refractivity contribution in [3.05, 3.63) is 54.3 Å². The van der Waals surface area contributed by atoms with Crippen molar-refractivity contribution in [2.45, 2.75) is 0 Å². The number of anilines is 1. The number of nitrogens with zero attached hydrogens (tertiary/aromatic N) is 2. The topological polar surface area (TPSA) is 84.7 Å². The summed E-state index contributed by atoms with van der Waals surface area (Å²) in [5, 5.41) is 6.15.